The van der Waals surface area contributed by atoms with E-state index in [-0.39, 0.29) is 12.5 Å². The Kier molecular flexibility index (Phi) is 4.75. The van der Waals surface area contributed by atoms with E-state index in [1.807, 2.05) is 24.3 Å². The van der Waals surface area contributed by atoms with Gasteiger partial charge in [-0.05, 0) is 29.8 Å². The minimum absolute atomic E-state index is 0.171. The van der Waals surface area contributed by atoms with Crippen LogP contribution < -0.4 is 24.3 Å². The number of carbonyl (C=O) groups excluding carboxylic acids is 1. The molecule has 0 fully saturated rings. The van der Waals surface area contributed by atoms with E-state index >= 15 is 0 Å². The van der Waals surface area contributed by atoms with E-state index in [4.69, 9.17) is 30.5 Å². The molecule has 7 heteroatoms. The Morgan fingerprint density at radius 3 is 2.77 bits per heavy atom. The molecule has 1 N–H and O–H groups in total. The van der Waals surface area contributed by atoms with Gasteiger partial charge < -0.3 is 24.3 Å². The second-order valence-electron chi connectivity index (χ2n) is 6.04. The number of ether oxygens (including phenoxy) is 4. The lowest BCUT2D eigenvalue weighted by molar-refractivity contribution is -0.130. The Morgan fingerprint density at radius 2 is 1.88 bits per heavy atom. The summed E-state index contributed by atoms with van der Waals surface area (Å²) < 4.78 is 22.6. The largest absolute Gasteiger partial charge is 0.489 e. The van der Waals surface area contributed by atoms with Gasteiger partial charge in [0.2, 0.25) is 6.10 Å². The van der Waals surface area contributed by atoms with Crippen molar-refractivity contribution in [2.45, 2.75) is 19.1 Å². The summed E-state index contributed by atoms with van der Waals surface area (Å²) in [5, 5.41) is 3.32. The van der Waals surface area contributed by atoms with Gasteiger partial charge >= 0.3 is 0 Å². The number of benzene rings is 2. The molecule has 2 heterocycles. The maximum atomic E-state index is 12.4. The molecule has 0 radical (unpaired) electrons. The second-order valence-corrected chi connectivity index (χ2v) is 6.44. The zero-order valence-electron chi connectivity index (χ0n) is 14.0. The van der Waals surface area contributed by atoms with Crippen molar-refractivity contribution in [2.24, 2.45) is 0 Å². The molecule has 26 heavy (non-hydrogen) atoms. The fraction of sp³-hybridized carbons (Fsp3) is 0.316. The highest BCUT2D eigenvalue weighted by molar-refractivity contribution is 6.32. The van der Waals surface area contributed by atoms with Crippen molar-refractivity contribution in [1.29, 1.82) is 0 Å². The molecule has 2 aromatic rings. The molecule has 2 aliphatic heterocycles. The lowest BCUT2D eigenvalue weighted by Crippen LogP contribution is -2.43. The van der Waals surface area contributed by atoms with Crippen LogP contribution in [0, 0.1) is 0 Å². The van der Waals surface area contributed by atoms with Crippen LogP contribution in [-0.2, 0) is 11.3 Å². The highest BCUT2D eigenvalue weighted by Gasteiger charge is 2.27. The summed E-state index contributed by atoms with van der Waals surface area (Å²) in [5.41, 5.74) is 0.824. The van der Waals surface area contributed by atoms with Crippen molar-refractivity contribution >= 4 is 17.5 Å². The van der Waals surface area contributed by atoms with Crippen molar-refractivity contribution in [1.82, 2.24) is 5.32 Å². The number of fused-ring (bicyclic) bond motifs is 2. The standard InChI is InChI=1S/C19H18ClNO5/c20-13-8-12(9-16-18(13)24-7-3-6-23-16)10-21-19(22)17-11-25-14-4-1-2-5-15(14)26-17/h1-2,4-5,8-9,17H,3,6-7,10-11H2,(H,21,22). The SMILES string of the molecule is O=C(NCc1cc(Cl)c2c(c1)OCCCO2)C1COc2ccccc2O1. The third-order valence-electron chi connectivity index (χ3n) is 4.13. The molecule has 0 aromatic heterocycles. The average molecular weight is 376 g/mol. The molecule has 4 rings (SSSR count). The predicted octanol–water partition coefficient (Wildman–Crippen LogP) is 2.96. The topological polar surface area (TPSA) is 66.0 Å². The summed E-state index contributed by atoms with van der Waals surface area (Å²) in [6.07, 6.45) is 0.109. The molecule has 0 spiro atoms. The van der Waals surface area contributed by atoms with Gasteiger partial charge in [0.1, 0.15) is 6.61 Å². The van der Waals surface area contributed by atoms with Crippen LogP contribution in [0.1, 0.15) is 12.0 Å². The Balaban J connectivity index is 1.41. The molecule has 2 aromatic carbocycles. The molecule has 0 saturated carbocycles. The first-order chi connectivity index (χ1) is 12.7. The molecule has 0 saturated heterocycles. The van der Waals surface area contributed by atoms with Gasteiger partial charge in [-0.3, -0.25) is 4.79 Å². The van der Waals surface area contributed by atoms with Gasteiger partial charge in [-0.1, -0.05) is 23.7 Å². The zero-order chi connectivity index (χ0) is 17.9. The lowest BCUT2D eigenvalue weighted by Gasteiger charge is -2.25. The van der Waals surface area contributed by atoms with Crippen molar-refractivity contribution in [3.63, 3.8) is 0 Å². The van der Waals surface area contributed by atoms with Crippen LogP contribution in [0.5, 0.6) is 23.0 Å². The van der Waals surface area contributed by atoms with Gasteiger partial charge in [0, 0.05) is 13.0 Å². The zero-order valence-corrected chi connectivity index (χ0v) is 14.8. The Morgan fingerprint density at radius 1 is 1.08 bits per heavy atom. The quantitative estimate of drug-likeness (QED) is 0.893. The van der Waals surface area contributed by atoms with E-state index in [1.54, 1.807) is 12.1 Å². The highest BCUT2D eigenvalue weighted by atomic mass is 35.5. The number of carbonyl (C=O) groups is 1. The summed E-state index contributed by atoms with van der Waals surface area (Å²) in [4.78, 5) is 12.4. The number of hydrogen-bond acceptors (Lipinski definition) is 5. The third-order valence-corrected chi connectivity index (χ3v) is 4.41. The van der Waals surface area contributed by atoms with Gasteiger partial charge in [0.25, 0.3) is 5.91 Å². The van der Waals surface area contributed by atoms with Crippen LogP contribution in [0.4, 0.5) is 0 Å². The summed E-state index contributed by atoms with van der Waals surface area (Å²) >= 11 is 6.28. The molecule has 2 aliphatic rings. The predicted molar refractivity (Wildman–Crippen MR) is 95.3 cm³/mol. The molecule has 1 atom stereocenters. The van der Waals surface area contributed by atoms with Crippen LogP contribution in [-0.4, -0.2) is 31.8 Å². The van der Waals surface area contributed by atoms with Crippen LogP contribution in [0.25, 0.3) is 0 Å². The number of hydrogen-bond donors (Lipinski definition) is 1. The fourth-order valence-corrected chi connectivity index (χ4v) is 3.13. The highest BCUT2D eigenvalue weighted by Crippen LogP contribution is 2.38. The fourth-order valence-electron chi connectivity index (χ4n) is 2.84. The lowest BCUT2D eigenvalue weighted by atomic mass is 10.2. The molecular formula is C19H18ClNO5. The Hall–Kier alpha value is -2.60. The van der Waals surface area contributed by atoms with E-state index in [0.717, 1.165) is 12.0 Å². The van der Waals surface area contributed by atoms with Crippen LogP contribution in [0.15, 0.2) is 36.4 Å². The number of halogens is 1. The molecular weight excluding hydrogens is 358 g/mol. The van der Waals surface area contributed by atoms with E-state index in [1.165, 1.54) is 0 Å². The first-order valence-electron chi connectivity index (χ1n) is 8.45. The van der Waals surface area contributed by atoms with Crippen LogP contribution >= 0.6 is 11.6 Å². The summed E-state index contributed by atoms with van der Waals surface area (Å²) in [7, 11) is 0. The Bertz CT molecular complexity index is 826. The molecule has 0 aliphatic carbocycles. The van der Waals surface area contributed by atoms with Crippen molar-refractivity contribution in [2.75, 3.05) is 19.8 Å². The first-order valence-corrected chi connectivity index (χ1v) is 8.83. The molecule has 0 bridgehead atoms. The number of amides is 1. The minimum Gasteiger partial charge on any atom is -0.489 e. The smallest absolute Gasteiger partial charge is 0.264 e. The number of nitrogens with one attached hydrogen (secondary N) is 1. The Labute approximate surface area is 156 Å². The van der Waals surface area contributed by atoms with Crippen molar-refractivity contribution in [3.8, 4) is 23.0 Å². The van der Waals surface area contributed by atoms with Gasteiger partial charge in [0.15, 0.2) is 23.0 Å². The summed E-state index contributed by atoms with van der Waals surface area (Å²) in [6, 6.07) is 10.9. The second kappa shape index (κ2) is 7.33. The van der Waals surface area contributed by atoms with E-state index in [0.29, 0.717) is 47.8 Å². The van der Waals surface area contributed by atoms with E-state index in [2.05, 4.69) is 5.32 Å². The summed E-state index contributed by atoms with van der Waals surface area (Å²) in [5.74, 6) is 2.12. The van der Waals surface area contributed by atoms with Gasteiger partial charge in [-0.25, -0.2) is 0 Å². The van der Waals surface area contributed by atoms with E-state index < -0.39 is 6.10 Å². The van der Waals surface area contributed by atoms with Gasteiger partial charge in [-0.2, -0.15) is 0 Å². The monoisotopic (exact) mass is 375 g/mol. The first kappa shape index (κ1) is 16.8. The molecule has 1 unspecified atom stereocenters. The van der Waals surface area contributed by atoms with Crippen LogP contribution in [0.3, 0.4) is 0 Å². The molecule has 6 nitrogen and oxygen atoms in total. The van der Waals surface area contributed by atoms with Crippen molar-refractivity contribution in [3.05, 3.63) is 47.0 Å². The molecule has 136 valence electrons. The van der Waals surface area contributed by atoms with Gasteiger partial charge in [0.05, 0.1) is 18.2 Å². The number of para-hydroxylation sites is 2. The van der Waals surface area contributed by atoms with E-state index in [9.17, 15) is 4.79 Å². The van der Waals surface area contributed by atoms with Crippen LogP contribution in [0.2, 0.25) is 5.02 Å². The minimum atomic E-state index is -0.694. The van der Waals surface area contributed by atoms with Crippen molar-refractivity contribution < 1.29 is 23.7 Å². The average Bonchev–Trinajstić information content (AvgIpc) is 2.91. The summed E-state index contributed by atoms with van der Waals surface area (Å²) in [6.45, 7) is 1.62. The maximum Gasteiger partial charge on any atom is 0.264 e. The normalized spacial score (nSPS) is 18.0. The number of rotatable bonds is 3. The third kappa shape index (κ3) is 3.51. The maximum absolute atomic E-state index is 12.4. The molecule has 1 amide bonds. The van der Waals surface area contributed by atoms with Gasteiger partial charge in [-0.15, -0.1) is 0 Å².